The van der Waals surface area contributed by atoms with E-state index in [0.717, 1.165) is 5.69 Å². The first-order chi connectivity index (χ1) is 10.5. The number of ketones is 1. The van der Waals surface area contributed by atoms with Crippen LogP contribution in [0, 0.1) is 5.82 Å². The highest BCUT2D eigenvalue weighted by atomic mass is 19.1. The van der Waals surface area contributed by atoms with Crippen LogP contribution in [0.2, 0.25) is 0 Å². The van der Waals surface area contributed by atoms with Gasteiger partial charge in [0.25, 0.3) is 0 Å². The van der Waals surface area contributed by atoms with Crippen molar-refractivity contribution in [3.05, 3.63) is 59.7 Å². The number of benzene rings is 2. The number of hydrogen-bond donors (Lipinski definition) is 1. The van der Waals surface area contributed by atoms with Crippen LogP contribution in [-0.2, 0) is 0 Å². The molecule has 0 aliphatic rings. The third kappa shape index (κ3) is 2.19. The lowest BCUT2D eigenvalue weighted by Gasteiger charge is -2.13. The highest BCUT2D eigenvalue weighted by Crippen LogP contribution is 2.29. The Hall–Kier alpha value is -2.53. The van der Waals surface area contributed by atoms with E-state index >= 15 is 0 Å². The van der Waals surface area contributed by atoms with Gasteiger partial charge in [-0.2, -0.15) is 0 Å². The molecule has 0 saturated heterocycles. The molecule has 0 unspecified atom stereocenters. The molecule has 0 bridgehead atoms. The fraction of sp³-hybridized carbons (Fsp3) is 0.176. The van der Waals surface area contributed by atoms with Crippen molar-refractivity contribution in [3.63, 3.8) is 0 Å². The van der Waals surface area contributed by atoms with Gasteiger partial charge in [-0.25, -0.2) is 9.37 Å². The Morgan fingerprint density at radius 1 is 1.23 bits per heavy atom. The number of nitrogens with two attached hydrogens (primary N) is 1. The fourth-order valence-electron chi connectivity index (χ4n) is 2.64. The first-order valence-corrected chi connectivity index (χ1v) is 7.03. The van der Waals surface area contributed by atoms with Crippen molar-refractivity contribution in [2.45, 2.75) is 19.9 Å². The van der Waals surface area contributed by atoms with Gasteiger partial charge in [0.2, 0.25) is 0 Å². The largest absolute Gasteiger partial charge is 0.322 e. The lowest BCUT2D eigenvalue weighted by molar-refractivity contribution is 0.101. The minimum atomic E-state index is -0.548. The summed E-state index contributed by atoms with van der Waals surface area (Å²) in [6.45, 7) is 3.16. The third-order valence-electron chi connectivity index (χ3n) is 3.57. The summed E-state index contributed by atoms with van der Waals surface area (Å²) in [6, 6.07) is 11.9. The smallest absolute Gasteiger partial charge is 0.164 e. The van der Waals surface area contributed by atoms with Crippen molar-refractivity contribution in [1.82, 2.24) is 9.55 Å². The van der Waals surface area contributed by atoms with Crippen LogP contribution in [-0.4, -0.2) is 15.3 Å². The number of para-hydroxylation sites is 1. The Kier molecular flexibility index (Phi) is 3.50. The molecule has 5 heteroatoms. The summed E-state index contributed by atoms with van der Waals surface area (Å²) in [7, 11) is 0. The lowest BCUT2D eigenvalue weighted by Crippen LogP contribution is -2.13. The van der Waals surface area contributed by atoms with Crippen LogP contribution >= 0.6 is 0 Å². The van der Waals surface area contributed by atoms with Gasteiger partial charge in [-0.05, 0) is 38.1 Å². The number of carbonyl (C=O) groups is 1. The van der Waals surface area contributed by atoms with E-state index in [1.807, 2.05) is 37.3 Å². The molecule has 0 radical (unpaired) electrons. The molecule has 0 fully saturated rings. The summed E-state index contributed by atoms with van der Waals surface area (Å²) >= 11 is 0. The van der Waals surface area contributed by atoms with Crippen molar-refractivity contribution in [2.75, 3.05) is 0 Å². The summed E-state index contributed by atoms with van der Waals surface area (Å²) in [4.78, 5) is 16.4. The van der Waals surface area contributed by atoms with Gasteiger partial charge in [0.1, 0.15) is 11.6 Å². The molecule has 3 rings (SSSR count). The van der Waals surface area contributed by atoms with Gasteiger partial charge in [0, 0.05) is 5.69 Å². The third-order valence-corrected chi connectivity index (χ3v) is 3.57. The van der Waals surface area contributed by atoms with E-state index in [1.165, 1.54) is 13.0 Å². The quantitative estimate of drug-likeness (QED) is 0.754. The molecule has 0 aliphatic heterocycles. The van der Waals surface area contributed by atoms with Crippen molar-refractivity contribution in [2.24, 2.45) is 5.73 Å². The lowest BCUT2D eigenvalue weighted by atomic mass is 10.1. The van der Waals surface area contributed by atoms with Gasteiger partial charge in [-0.3, -0.25) is 9.36 Å². The van der Waals surface area contributed by atoms with Crippen LogP contribution in [0.1, 0.15) is 36.1 Å². The number of nitrogens with zero attached hydrogens (tertiary/aromatic N) is 2. The second kappa shape index (κ2) is 5.35. The van der Waals surface area contributed by atoms with Crippen molar-refractivity contribution in [3.8, 4) is 5.69 Å². The Morgan fingerprint density at radius 2 is 1.91 bits per heavy atom. The van der Waals surface area contributed by atoms with Crippen LogP contribution in [0.4, 0.5) is 4.39 Å². The summed E-state index contributed by atoms with van der Waals surface area (Å²) in [5.41, 5.74) is 7.88. The number of hydrogen-bond acceptors (Lipinski definition) is 3. The molecule has 1 aromatic heterocycles. The van der Waals surface area contributed by atoms with Gasteiger partial charge in [-0.15, -0.1) is 0 Å². The Bertz CT molecular complexity index is 853. The number of carbonyl (C=O) groups excluding carboxylic acids is 1. The molecule has 112 valence electrons. The molecule has 0 aliphatic carbocycles. The fourth-order valence-corrected chi connectivity index (χ4v) is 2.64. The van der Waals surface area contributed by atoms with Gasteiger partial charge in [0.05, 0.1) is 22.6 Å². The van der Waals surface area contributed by atoms with Crippen LogP contribution in [0.25, 0.3) is 16.7 Å². The second-order valence-electron chi connectivity index (χ2n) is 5.28. The maximum absolute atomic E-state index is 14.2. The van der Waals surface area contributed by atoms with Gasteiger partial charge >= 0.3 is 0 Å². The molecule has 2 aromatic carbocycles. The Morgan fingerprint density at radius 3 is 2.50 bits per heavy atom. The van der Waals surface area contributed by atoms with E-state index in [9.17, 15) is 9.18 Å². The number of halogens is 1. The molecule has 4 nitrogen and oxygen atoms in total. The topological polar surface area (TPSA) is 60.9 Å². The monoisotopic (exact) mass is 297 g/mol. The van der Waals surface area contributed by atoms with Gasteiger partial charge < -0.3 is 5.73 Å². The summed E-state index contributed by atoms with van der Waals surface area (Å²) in [5.74, 6) is -0.293. The van der Waals surface area contributed by atoms with Crippen LogP contribution in [0.3, 0.4) is 0 Å². The normalized spacial score (nSPS) is 12.5. The highest BCUT2D eigenvalue weighted by molar-refractivity contribution is 6.06. The van der Waals surface area contributed by atoms with Crippen molar-refractivity contribution < 1.29 is 9.18 Å². The summed E-state index contributed by atoms with van der Waals surface area (Å²) in [5, 5.41) is 0. The molecule has 1 atom stereocenters. The molecular weight excluding hydrogens is 281 g/mol. The van der Waals surface area contributed by atoms with E-state index < -0.39 is 5.82 Å². The maximum atomic E-state index is 14.2. The zero-order valence-corrected chi connectivity index (χ0v) is 12.4. The predicted molar refractivity (Wildman–Crippen MR) is 83.6 cm³/mol. The zero-order chi connectivity index (χ0) is 15.9. The zero-order valence-electron chi connectivity index (χ0n) is 12.4. The molecule has 1 heterocycles. The van der Waals surface area contributed by atoms with Crippen LogP contribution < -0.4 is 5.73 Å². The Balaban J connectivity index is 2.48. The molecule has 0 spiro atoms. The SMILES string of the molecule is CC(=O)c1c(F)ccc2nc([C@H](C)N)n(-c3ccccc3)c12. The minimum Gasteiger partial charge on any atom is -0.322 e. The number of aromatic nitrogens is 2. The number of fused-ring (bicyclic) bond motifs is 1. The van der Waals surface area contributed by atoms with E-state index in [2.05, 4.69) is 4.98 Å². The summed E-state index contributed by atoms with van der Waals surface area (Å²) in [6.07, 6.45) is 0. The van der Waals surface area contributed by atoms with Crippen molar-refractivity contribution >= 4 is 16.8 Å². The molecule has 22 heavy (non-hydrogen) atoms. The molecule has 0 amide bonds. The molecule has 0 saturated carbocycles. The van der Waals surface area contributed by atoms with Gasteiger partial charge in [-0.1, -0.05) is 18.2 Å². The molecule has 3 aromatic rings. The second-order valence-corrected chi connectivity index (χ2v) is 5.28. The average molecular weight is 297 g/mol. The standard InChI is InChI=1S/C17H16FN3O/c1-10(19)17-20-14-9-8-13(18)15(11(2)22)16(14)21(17)12-6-4-3-5-7-12/h3-10H,19H2,1-2H3/t10-/m0/s1. The number of imidazole rings is 1. The van der Waals surface area contributed by atoms with E-state index in [0.29, 0.717) is 16.9 Å². The van der Waals surface area contributed by atoms with Crippen LogP contribution in [0.15, 0.2) is 42.5 Å². The van der Waals surface area contributed by atoms with Gasteiger partial charge in [0.15, 0.2) is 5.78 Å². The first kappa shape index (κ1) is 14.4. The highest BCUT2D eigenvalue weighted by Gasteiger charge is 2.22. The van der Waals surface area contributed by atoms with E-state index in [-0.39, 0.29) is 17.4 Å². The number of Topliss-reactive ketones (excluding diaryl/α,β-unsaturated/α-hetero) is 1. The van der Waals surface area contributed by atoms with E-state index in [1.54, 1.807) is 10.6 Å². The molecule has 2 N–H and O–H groups in total. The van der Waals surface area contributed by atoms with Crippen molar-refractivity contribution in [1.29, 1.82) is 0 Å². The maximum Gasteiger partial charge on any atom is 0.164 e. The first-order valence-electron chi connectivity index (χ1n) is 7.03. The van der Waals surface area contributed by atoms with Crippen LogP contribution in [0.5, 0.6) is 0 Å². The Labute approximate surface area is 127 Å². The van der Waals surface area contributed by atoms with E-state index in [4.69, 9.17) is 5.73 Å². The minimum absolute atomic E-state index is 0.0424. The number of rotatable bonds is 3. The predicted octanol–water partition coefficient (Wildman–Crippen LogP) is 3.39. The summed E-state index contributed by atoms with van der Waals surface area (Å²) < 4.78 is 15.9. The molecular formula is C17H16FN3O. The average Bonchev–Trinajstić information content (AvgIpc) is 2.87.